The van der Waals surface area contributed by atoms with Crippen LogP contribution in [0.4, 0.5) is 4.39 Å². The molecular formula is C26H20FN3O. The van der Waals surface area contributed by atoms with Gasteiger partial charge in [-0.15, -0.1) is 0 Å². The van der Waals surface area contributed by atoms with E-state index in [1.165, 1.54) is 17.7 Å². The highest BCUT2D eigenvalue weighted by atomic mass is 19.1. The Balaban J connectivity index is 1.59. The molecule has 0 bridgehead atoms. The molecule has 152 valence electrons. The normalized spacial score (nSPS) is 11.2. The first kappa shape index (κ1) is 19.0. The number of carbonyl (C=O) groups excluding carboxylic acids is 1. The van der Waals surface area contributed by atoms with E-state index in [4.69, 9.17) is 0 Å². The highest BCUT2D eigenvalue weighted by Crippen LogP contribution is 2.32. The summed E-state index contributed by atoms with van der Waals surface area (Å²) in [6.07, 6.45) is 0. The topological polar surface area (TPSA) is 57.8 Å². The van der Waals surface area contributed by atoms with Crippen molar-refractivity contribution in [2.75, 3.05) is 0 Å². The number of hydrogen-bond donors (Lipinski definition) is 2. The number of nitrogens with zero attached hydrogens (tertiary/aromatic N) is 1. The van der Waals surface area contributed by atoms with Gasteiger partial charge in [0.1, 0.15) is 11.5 Å². The number of nitrogens with one attached hydrogen (secondary N) is 2. The Morgan fingerprint density at radius 2 is 1.71 bits per heavy atom. The Morgan fingerprint density at radius 1 is 0.968 bits per heavy atom. The number of carbonyl (C=O) groups is 1. The third-order valence-corrected chi connectivity index (χ3v) is 5.42. The fourth-order valence-electron chi connectivity index (χ4n) is 3.76. The van der Waals surface area contributed by atoms with Crippen LogP contribution in [-0.2, 0) is 6.54 Å². The molecule has 0 saturated heterocycles. The maximum Gasteiger partial charge on any atom is 0.270 e. The molecule has 0 radical (unpaired) electrons. The molecule has 0 aliphatic rings. The summed E-state index contributed by atoms with van der Waals surface area (Å²) in [5.74, 6) is -0.570. The summed E-state index contributed by atoms with van der Waals surface area (Å²) in [6.45, 7) is 2.44. The number of benzene rings is 3. The van der Waals surface area contributed by atoms with Crippen molar-refractivity contribution in [2.24, 2.45) is 0 Å². The predicted octanol–water partition coefficient (Wildman–Crippen LogP) is 5.76. The number of aromatic nitrogens is 2. The molecule has 0 atom stereocenters. The van der Waals surface area contributed by atoms with Crippen LogP contribution in [0.1, 0.15) is 21.6 Å². The van der Waals surface area contributed by atoms with E-state index in [9.17, 15) is 9.18 Å². The fourth-order valence-corrected chi connectivity index (χ4v) is 3.76. The minimum atomic E-state index is -0.316. The van der Waals surface area contributed by atoms with Crippen LogP contribution in [0.25, 0.3) is 33.1 Å². The first-order chi connectivity index (χ1) is 15.1. The van der Waals surface area contributed by atoms with E-state index in [2.05, 4.69) is 15.3 Å². The van der Waals surface area contributed by atoms with Crippen LogP contribution in [0.5, 0.6) is 0 Å². The smallest absolute Gasteiger partial charge is 0.270 e. The van der Waals surface area contributed by atoms with Gasteiger partial charge in [-0.1, -0.05) is 48.0 Å². The number of halogens is 1. The molecule has 0 spiro atoms. The zero-order valence-corrected chi connectivity index (χ0v) is 16.9. The first-order valence-electron chi connectivity index (χ1n) is 10.1. The number of hydrogen-bond acceptors (Lipinski definition) is 2. The van der Waals surface area contributed by atoms with Gasteiger partial charge in [0.05, 0.1) is 11.2 Å². The van der Waals surface area contributed by atoms with Crippen molar-refractivity contribution in [3.8, 4) is 11.3 Å². The molecule has 1 amide bonds. The van der Waals surface area contributed by atoms with Crippen LogP contribution >= 0.6 is 0 Å². The molecule has 5 heteroatoms. The van der Waals surface area contributed by atoms with E-state index >= 15 is 0 Å². The zero-order valence-electron chi connectivity index (χ0n) is 16.9. The minimum absolute atomic E-state index is 0.254. The summed E-state index contributed by atoms with van der Waals surface area (Å²) in [7, 11) is 0. The summed E-state index contributed by atoms with van der Waals surface area (Å²) in [5, 5.41) is 4.87. The highest BCUT2D eigenvalue weighted by Gasteiger charge is 2.17. The molecule has 2 heterocycles. The standard InChI is InChI=1S/C26H20FN3O/c1-16-6-8-17(9-7-16)15-28-26(31)23-14-21-20-4-2-3-5-22(20)29-25(21)24(30-23)18-10-12-19(27)13-11-18/h2-14,29H,15H2,1H3,(H,28,31). The Morgan fingerprint density at radius 3 is 2.48 bits per heavy atom. The van der Waals surface area contributed by atoms with Crippen molar-refractivity contribution in [3.05, 3.63) is 102 Å². The lowest BCUT2D eigenvalue weighted by molar-refractivity contribution is 0.0946. The third kappa shape index (κ3) is 3.66. The van der Waals surface area contributed by atoms with Crippen molar-refractivity contribution < 1.29 is 9.18 Å². The van der Waals surface area contributed by atoms with Crippen molar-refractivity contribution >= 4 is 27.7 Å². The number of amides is 1. The summed E-state index contributed by atoms with van der Waals surface area (Å²) >= 11 is 0. The van der Waals surface area contributed by atoms with E-state index in [1.54, 1.807) is 12.1 Å². The monoisotopic (exact) mass is 409 g/mol. The number of aromatic amines is 1. The van der Waals surface area contributed by atoms with Crippen molar-refractivity contribution in [3.63, 3.8) is 0 Å². The molecule has 0 aliphatic carbocycles. The summed E-state index contributed by atoms with van der Waals surface area (Å²) in [4.78, 5) is 21.0. The molecule has 5 aromatic rings. The molecule has 0 aliphatic heterocycles. The largest absolute Gasteiger partial charge is 0.353 e. The van der Waals surface area contributed by atoms with Gasteiger partial charge in [0.25, 0.3) is 5.91 Å². The number of rotatable bonds is 4. The van der Waals surface area contributed by atoms with E-state index in [0.717, 1.165) is 32.9 Å². The fraction of sp³-hybridized carbons (Fsp3) is 0.0769. The van der Waals surface area contributed by atoms with Gasteiger partial charge in [0.15, 0.2) is 0 Å². The van der Waals surface area contributed by atoms with E-state index in [0.29, 0.717) is 17.9 Å². The van der Waals surface area contributed by atoms with E-state index < -0.39 is 0 Å². The highest BCUT2D eigenvalue weighted by molar-refractivity contribution is 6.13. The minimum Gasteiger partial charge on any atom is -0.353 e. The molecular weight excluding hydrogens is 389 g/mol. The third-order valence-electron chi connectivity index (χ3n) is 5.42. The van der Waals surface area contributed by atoms with Crippen LogP contribution in [-0.4, -0.2) is 15.9 Å². The van der Waals surface area contributed by atoms with Crippen molar-refractivity contribution in [1.29, 1.82) is 0 Å². The lowest BCUT2D eigenvalue weighted by Crippen LogP contribution is -2.24. The predicted molar refractivity (Wildman–Crippen MR) is 121 cm³/mol. The maximum atomic E-state index is 13.5. The van der Waals surface area contributed by atoms with Crippen LogP contribution in [0.3, 0.4) is 0 Å². The van der Waals surface area contributed by atoms with Gasteiger partial charge < -0.3 is 10.3 Å². The van der Waals surface area contributed by atoms with Gasteiger partial charge >= 0.3 is 0 Å². The number of fused-ring (bicyclic) bond motifs is 3. The van der Waals surface area contributed by atoms with Gasteiger partial charge in [-0.2, -0.15) is 0 Å². The zero-order chi connectivity index (χ0) is 21.4. The van der Waals surface area contributed by atoms with Gasteiger partial charge in [0, 0.05) is 28.4 Å². The summed E-state index contributed by atoms with van der Waals surface area (Å²) < 4.78 is 13.5. The number of pyridine rings is 1. The molecule has 0 fully saturated rings. The summed E-state index contributed by atoms with van der Waals surface area (Å²) in [6, 6.07) is 23.9. The van der Waals surface area contributed by atoms with Crippen LogP contribution in [0, 0.1) is 12.7 Å². The van der Waals surface area contributed by atoms with Gasteiger partial charge in [-0.3, -0.25) is 4.79 Å². The van der Waals surface area contributed by atoms with Crippen molar-refractivity contribution in [2.45, 2.75) is 13.5 Å². The van der Waals surface area contributed by atoms with E-state index in [-0.39, 0.29) is 11.7 Å². The first-order valence-corrected chi connectivity index (χ1v) is 10.1. The number of H-pyrrole nitrogens is 1. The Kier molecular flexibility index (Phi) is 4.71. The van der Waals surface area contributed by atoms with Crippen molar-refractivity contribution in [1.82, 2.24) is 15.3 Å². The van der Waals surface area contributed by atoms with Crippen LogP contribution < -0.4 is 5.32 Å². The quantitative estimate of drug-likeness (QED) is 0.396. The molecule has 3 aromatic carbocycles. The van der Waals surface area contributed by atoms with Gasteiger partial charge in [-0.25, -0.2) is 9.37 Å². The second kappa shape index (κ2) is 7.69. The number of para-hydroxylation sites is 1. The maximum absolute atomic E-state index is 13.5. The molecule has 4 nitrogen and oxygen atoms in total. The molecule has 2 N–H and O–H groups in total. The average Bonchev–Trinajstić information content (AvgIpc) is 3.17. The lowest BCUT2D eigenvalue weighted by atomic mass is 10.1. The second-order valence-corrected chi connectivity index (χ2v) is 7.62. The molecule has 5 rings (SSSR count). The average molecular weight is 409 g/mol. The van der Waals surface area contributed by atoms with Crippen LogP contribution in [0.2, 0.25) is 0 Å². The number of aryl methyl sites for hydroxylation is 1. The molecule has 0 unspecified atom stereocenters. The van der Waals surface area contributed by atoms with Gasteiger partial charge in [-0.05, 0) is 48.9 Å². The Hall–Kier alpha value is -3.99. The Bertz CT molecular complexity index is 1400. The molecule has 2 aromatic heterocycles. The lowest BCUT2D eigenvalue weighted by Gasteiger charge is -2.09. The van der Waals surface area contributed by atoms with E-state index in [1.807, 2.05) is 61.5 Å². The molecule has 0 saturated carbocycles. The molecule has 31 heavy (non-hydrogen) atoms. The second-order valence-electron chi connectivity index (χ2n) is 7.62. The van der Waals surface area contributed by atoms with Crippen LogP contribution in [0.15, 0.2) is 78.9 Å². The summed E-state index contributed by atoms with van der Waals surface area (Å²) in [5.41, 5.74) is 5.66. The van der Waals surface area contributed by atoms with Gasteiger partial charge in [0.2, 0.25) is 0 Å². The SMILES string of the molecule is Cc1ccc(CNC(=O)c2cc3c([nH]c4ccccc43)c(-c3ccc(F)cc3)n2)cc1. The Labute approximate surface area is 178 Å².